The standard InChI is InChI=1S/C13H14N2O4/c1-9-14-12(15-19-9)8-18-13(16)7-10-4-3-5-11(6-10)17-2/h3-6H,7-8H2,1-2H3. The Hall–Kier alpha value is -2.37. The van der Waals surface area contributed by atoms with Crippen molar-refractivity contribution in [2.45, 2.75) is 20.0 Å². The Morgan fingerprint density at radius 3 is 2.95 bits per heavy atom. The lowest BCUT2D eigenvalue weighted by molar-refractivity contribution is -0.144. The van der Waals surface area contributed by atoms with Crippen molar-refractivity contribution < 1.29 is 18.8 Å². The van der Waals surface area contributed by atoms with Gasteiger partial charge >= 0.3 is 5.97 Å². The summed E-state index contributed by atoms with van der Waals surface area (Å²) in [7, 11) is 1.58. The Bertz CT molecular complexity index is 565. The number of aromatic nitrogens is 2. The zero-order valence-corrected chi connectivity index (χ0v) is 10.8. The van der Waals surface area contributed by atoms with Crippen LogP contribution in [0.1, 0.15) is 17.3 Å². The molecule has 0 N–H and O–H groups in total. The molecule has 0 bridgehead atoms. The molecule has 100 valence electrons. The summed E-state index contributed by atoms with van der Waals surface area (Å²) in [6.45, 7) is 1.69. The predicted octanol–water partition coefficient (Wildman–Crippen LogP) is 1.67. The third kappa shape index (κ3) is 3.80. The van der Waals surface area contributed by atoms with Crippen LogP contribution in [0.5, 0.6) is 5.75 Å². The molecular formula is C13H14N2O4. The molecule has 0 aliphatic carbocycles. The molecule has 1 aromatic heterocycles. The maximum Gasteiger partial charge on any atom is 0.310 e. The number of nitrogens with zero attached hydrogens (tertiary/aromatic N) is 2. The number of methoxy groups -OCH3 is 1. The normalized spacial score (nSPS) is 10.2. The SMILES string of the molecule is COc1cccc(CC(=O)OCc2noc(C)n2)c1. The Morgan fingerprint density at radius 1 is 1.42 bits per heavy atom. The molecule has 0 saturated carbocycles. The highest BCUT2D eigenvalue weighted by atomic mass is 16.5. The molecule has 1 heterocycles. The summed E-state index contributed by atoms with van der Waals surface area (Å²) in [4.78, 5) is 15.6. The molecule has 0 radical (unpaired) electrons. The Labute approximate surface area is 110 Å². The first-order valence-electron chi connectivity index (χ1n) is 5.75. The summed E-state index contributed by atoms with van der Waals surface area (Å²) in [5, 5.41) is 3.64. The van der Waals surface area contributed by atoms with Gasteiger partial charge < -0.3 is 14.0 Å². The number of esters is 1. The molecule has 6 nitrogen and oxygen atoms in total. The minimum absolute atomic E-state index is 0.0140. The van der Waals surface area contributed by atoms with Gasteiger partial charge in [-0.05, 0) is 17.7 Å². The van der Waals surface area contributed by atoms with E-state index in [2.05, 4.69) is 10.1 Å². The molecule has 0 saturated heterocycles. The van der Waals surface area contributed by atoms with E-state index in [1.54, 1.807) is 20.1 Å². The van der Waals surface area contributed by atoms with Crippen LogP contribution in [0.3, 0.4) is 0 Å². The first kappa shape index (κ1) is 13.1. The van der Waals surface area contributed by atoms with Gasteiger partial charge in [0.25, 0.3) is 0 Å². The number of carbonyl (C=O) groups excluding carboxylic acids is 1. The van der Waals surface area contributed by atoms with Gasteiger partial charge in [-0.1, -0.05) is 17.3 Å². The fourth-order valence-corrected chi connectivity index (χ4v) is 1.55. The number of aryl methyl sites for hydroxylation is 1. The van der Waals surface area contributed by atoms with Crippen molar-refractivity contribution >= 4 is 5.97 Å². The van der Waals surface area contributed by atoms with E-state index >= 15 is 0 Å². The van der Waals surface area contributed by atoms with Crippen molar-refractivity contribution in [2.75, 3.05) is 7.11 Å². The lowest BCUT2D eigenvalue weighted by atomic mass is 10.1. The predicted molar refractivity (Wildman–Crippen MR) is 65.5 cm³/mol. The summed E-state index contributed by atoms with van der Waals surface area (Å²) in [6.07, 6.45) is 0.175. The maximum atomic E-state index is 11.6. The second kappa shape index (κ2) is 5.99. The van der Waals surface area contributed by atoms with Gasteiger partial charge in [-0.3, -0.25) is 4.79 Å². The molecule has 2 rings (SSSR count). The van der Waals surface area contributed by atoms with Crippen molar-refractivity contribution in [3.05, 3.63) is 41.5 Å². The highest BCUT2D eigenvalue weighted by Crippen LogP contribution is 2.13. The van der Waals surface area contributed by atoms with Gasteiger partial charge in [-0.2, -0.15) is 4.98 Å². The van der Waals surface area contributed by atoms with E-state index < -0.39 is 0 Å². The third-order valence-electron chi connectivity index (χ3n) is 2.41. The van der Waals surface area contributed by atoms with E-state index in [0.29, 0.717) is 17.5 Å². The average molecular weight is 262 g/mol. The van der Waals surface area contributed by atoms with Gasteiger partial charge in [-0.15, -0.1) is 0 Å². The molecule has 0 atom stereocenters. The van der Waals surface area contributed by atoms with Crippen molar-refractivity contribution in [3.8, 4) is 5.75 Å². The van der Waals surface area contributed by atoms with Gasteiger partial charge in [0.2, 0.25) is 11.7 Å². The van der Waals surface area contributed by atoms with Crippen LogP contribution in [0.15, 0.2) is 28.8 Å². The summed E-state index contributed by atoms with van der Waals surface area (Å²) in [5.41, 5.74) is 0.827. The summed E-state index contributed by atoms with van der Waals surface area (Å²) in [6, 6.07) is 7.27. The quantitative estimate of drug-likeness (QED) is 0.763. The van der Waals surface area contributed by atoms with E-state index in [1.165, 1.54) is 0 Å². The highest BCUT2D eigenvalue weighted by Gasteiger charge is 2.09. The fraction of sp³-hybridized carbons (Fsp3) is 0.308. The molecular weight excluding hydrogens is 248 g/mol. The van der Waals surface area contributed by atoms with Crippen LogP contribution in [0, 0.1) is 6.92 Å². The van der Waals surface area contributed by atoms with Crippen LogP contribution in [0.25, 0.3) is 0 Å². The molecule has 19 heavy (non-hydrogen) atoms. The lowest BCUT2D eigenvalue weighted by Crippen LogP contribution is -2.08. The topological polar surface area (TPSA) is 74.5 Å². The number of hydrogen-bond acceptors (Lipinski definition) is 6. The van der Waals surface area contributed by atoms with E-state index in [-0.39, 0.29) is 19.0 Å². The van der Waals surface area contributed by atoms with Gasteiger partial charge in [0.15, 0.2) is 6.61 Å². The number of ether oxygens (including phenoxy) is 2. The number of carbonyl (C=O) groups is 1. The zero-order chi connectivity index (χ0) is 13.7. The second-order valence-corrected chi connectivity index (χ2v) is 3.92. The van der Waals surface area contributed by atoms with Crippen molar-refractivity contribution in [2.24, 2.45) is 0 Å². The first-order chi connectivity index (χ1) is 9.17. The average Bonchev–Trinajstić information content (AvgIpc) is 2.82. The summed E-state index contributed by atoms with van der Waals surface area (Å²) < 4.78 is 14.9. The van der Waals surface area contributed by atoms with Crippen LogP contribution in [-0.2, 0) is 22.6 Å². The Balaban J connectivity index is 1.86. The van der Waals surface area contributed by atoms with Crippen LogP contribution in [0.2, 0.25) is 0 Å². The van der Waals surface area contributed by atoms with Crippen LogP contribution < -0.4 is 4.74 Å². The monoisotopic (exact) mass is 262 g/mol. The minimum atomic E-state index is -0.351. The second-order valence-electron chi connectivity index (χ2n) is 3.92. The maximum absolute atomic E-state index is 11.6. The molecule has 0 amide bonds. The van der Waals surface area contributed by atoms with Crippen molar-refractivity contribution in [3.63, 3.8) is 0 Å². The molecule has 1 aromatic carbocycles. The smallest absolute Gasteiger partial charge is 0.310 e. The molecule has 0 spiro atoms. The van der Waals surface area contributed by atoms with Crippen LogP contribution >= 0.6 is 0 Å². The van der Waals surface area contributed by atoms with E-state index in [1.807, 2.05) is 18.2 Å². The number of hydrogen-bond donors (Lipinski definition) is 0. The number of benzene rings is 1. The lowest BCUT2D eigenvalue weighted by Gasteiger charge is -2.04. The summed E-state index contributed by atoms with van der Waals surface area (Å²) in [5.74, 6) is 1.16. The minimum Gasteiger partial charge on any atom is -0.497 e. The van der Waals surface area contributed by atoms with E-state index in [4.69, 9.17) is 14.0 Å². The van der Waals surface area contributed by atoms with Crippen LogP contribution in [0.4, 0.5) is 0 Å². The largest absolute Gasteiger partial charge is 0.497 e. The highest BCUT2D eigenvalue weighted by molar-refractivity contribution is 5.72. The molecule has 2 aromatic rings. The van der Waals surface area contributed by atoms with Gasteiger partial charge in [-0.25, -0.2) is 0 Å². The number of rotatable bonds is 5. The van der Waals surface area contributed by atoms with Crippen molar-refractivity contribution in [1.29, 1.82) is 0 Å². The summed E-state index contributed by atoms with van der Waals surface area (Å²) >= 11 is 0. The fourth-order valence-electron chi connectivity index (χ4n) is 1.55. The molecule has 0 fully saturated rings. The molecule has 0 unspecified atom stereocenters. The molecule has 0 aliphatic rings. The van der Waals surface area contributed by atoms with Gasteiger partial charge in [0.05, 0.1) is 13.5 Å². The third-order valence-corrected chi connectivity index (χ3v) is 2.41. The van der Waals surface area contributed by atoms with E-state index in [0.717, 1.165) is 5.56 Å². The van der Waals surface area contributed by atoms with Crippen molar-refractivity contribution in [1.82, 2.24) is 10.1 Å². The first-order valence-corrected chi connectivity index (χ1v) is 5.75. The zero-order valence-electron chi connectivity index (χ0n) is 10.8. The molecule has 0 aliphatic heterocycles. The van der Waals surface area contributed by atoms with Gasteiger partial charge in [0, 0.05) is 6.92 Å². The molecule has 6 heteroatoms. The van der Waals surface area contributed by atoms with E-state index in [9.17, 15) is 4.79 Å². The Kier molecular flexibility index (Phi) is 4.12. The Morgan fingerprint density at radius 2 is 2.26 bits per heavy atom. The van der Waals surface area contributed by atoms with Gasteiger partial charge in [0.1, 0.15) is 5.75 Å². The van der Waals surface area contributed by atoms with Crippen LogP contribution in [-0.4, -0.2) is 23.2 Å².